The molecule has 8 nitrogen and oxygen atoms in total. The molecular formula is C19H27N7O. The molecule has 0 saturated carbocycles. The van der Waals surface area contributed by atoms with Gasteiger partial charge >= 0.3 is 0 Å². The Labute approximate surface area is 159 Å². The molecule has 0 spiro atoms. The molecule has 0 unspecified atom stereocenters. The van der Waals surface area contributed by atoms with Crippen LogP contribution in [-0.2, 0) is 13.0 Å². The molecule has 2 N–H and O–H groups in total. The fraction of sp³-hybridized carbons (Fsp3) is 0.526. The molecule has 1 aromatic heterocycles. The van der Waals surface area contributed by atoms with E-state index in [9.17, 15) is 0 Å². The van der Waals surface area contributed by atoms with Gasteiger partial charge in [-0.15, -0.1) is 15.3 Å². The highest BCUT2D eigenvalue weighted by atomic mass is 16.4. The number of nitrogens with one attached hydrogen (secondary N) is 2. The van der Waals surface area contributed by atoms with Gasteiger partial charge in [-0.05, 0) is 30.0 Å². The van der Waals surface area contributed by atoms with E-state index in [2.05, 4.69) is 45.0 Å². The van der Waals surface area contributed by atoms with Crippen molar-refractivity contribution in [1.29, 1.82) is 10.9 Å². The van der Waals surface area contributed by atoms with Gasteiger partial charge in [0.25, 0.3) is 0 Å². The number of anilines is 1. The van der Waals surface area contributed by atoms with Gasteiger partial charge in [-0.25, -0.2) is 5.53 Å². The summed E-state index contributed by atoms with van der Waals surface area (Å²) in [5, 5.41) is 19.3. The van der Waals surface area contributed by atoms with E-state index in [1.807, 2.05) is 12.1 Å². The van der Waals surface area contributed by atoms with Gasteiger partial charge in [-0.2, -0.15) is 0 Å². The maximum atomic E-state index is 8.02. The van der Waals surface area contributed by atoms with Crippen molar-refractivity contribution < 1.29 is 4.42 Å². The van der Waals surface area contributed by atoms with Gasteiger partial charge in [-0.3, -0.25) is 10.3 Å². The highest BCUT2D eigenvalue weighted by molar-refractivity contribution is 6.01. The third-order valence-corrected chi connectivity index (χ3v) is 4.71. The Kier molecular flexibility index (Phi) is 5.95. The van der Waals surface area contributed by atoms with E-state index < -0.39 is 0 Å². The second-order valence-corrected chi connectivity index (χ2v) is 7.39. The van der Waals surface area contributed by atoms with Gasteiger partial charge < -0.3 is 9.32 Å². The van der Waals surface area contributed by atoms with Crippen LogP contribution in [0, 0.1) is 23.8 Å². The molecule has 3 rings (SSSR count). The summed E-state index contributed by atoms with van der Waals surface area (Å²) >= 11 is 0. The molecule has 0 aliphatic carbocycles. The van der Waals surface area contributed by atoms with Crippen LogP contribution in [0.5, 0.6) is 0 Å². The molecule has 1 fully saturated rings. The summed E-state index contributed by atoms with van der Waals surface area (Å²) in [7, 11) is 0. The molecule has 8 heteroatoms. The lowest BCUT2D eigenvalue weighted by atomic mass is 9.99. The van der Waals surface area contributed by atoms with E-state index in [1.165, 1.54) is 5.56 Å². The van der Waals surface area contributed by atoms with Crippen molar-refractivity contribution in [2.75, 3.05) is 31.1 Å². The molecule has 1 aliphatic heterocycles. The summed E-state index contributed by atoms with van der Waals surface area (Å²) in [4.78, 5) is 4.58. The van der Waals surface area contributed by atoms with E-state index in [4.69, 9.17) is 15.4 Å². The van der Waals surface area contributed by atoms with E-state index in [1.54, 1.807) is 6.92 Å². The first-order valence-electron chi connectivity index (χ1n) is 9.32. The zero-order chi connectivity index (χ0) is 19.4. The second kappa shape index (κ2) is 8.39. The summed E-state index contributed by atoms with van der Waals surface area (Å²) in [5.74, 6) is 1.81. The Balaban J connectivity index is 1.73. The van der Waals surface area contributed by atoms with Crippen molar-refractivity contribution in [3.63, 3.8) is 0 Å². The minimum absolute atomic E-state index is 0.00450. The molecule has 1 saturated heterocycles. The summed E-state index contributed by atoms with van der Waals surface area (Å²) in [6.07, 6.45) is 0.995. The van der Waals surface area contributed by atoms with Crippen LogP contribution >= 0.6 is 0 Å². The largest absolute Gasteiger partial charge is 0.424 e. The molecule has 2 aromatic rings. The Hall–Kier alpha value is -2.61. The highest BCUT2D eigenvalue weighted by Gasteiger charge is 2.22. The normalized spacial score (nSPS) is 15.3. The van der Waals surface area contributed by atoms with Gasteiger partial charge in [0.1, 0.15) is 0 Å². The van der Waals surface area contributed by atoms with E-state index >= 15 is 0 Å². The van der Waals surface area contributed by atoms with E-state index in [0.717, 1.165) is 43.9 Å². The van der Waals surface area contributed by atoms with Gasteiger partial charge in [0.15, 0.2) is 5.84 Å². The SMILES string of the molecule is Cc1nnc(CN2CCN(c3cc(CC(C)C)ccc3C(=N)N=N)CC2)o1. The monoisotopic (exact) mass is 369 g/mol. The molecule has 1 aliphatic rings. The molecular weight excluding hydrogens is 342 g/mol. The van der Waals surface area contributed by atoms with Crippen LogP contribution in [0.1, 0.15) is 36.8 Å². The Morgan fingerprint density at radius 1 is 1.22 bits per heavy atom. The van der Waals surface area contributed by atoms with Crippen molar-refractivity contribution >= 4 is 11.5 Å². The number of aryl methyl sites for hydroxylation is 1. The zero-order valence-corrected chi connectivity index (χ0v) is 16.2. The fourth-order valence-corrected chi connectivity index (χ4v) is 3.44. The number of rotatable bonds is 6. The van der Waals surface area contributed by atoms with E-state index in [0.29, 0.717) is 24.2 Å². The number of hydrogen-bond acceptors (Lipinski definition) is 7. The predicted molar refractivity (Wildman–Crippen MR) is 103 cm³/mol. The van der Waals surface area contributed by atoms with Crippen molar-refractivity contribution in [2.24, 2.45) is 11.0 Å². The zero-order valence-electron chi connectivity index (χ0n) is 16.2. The summed E-state index contributed by atoms with van der Waals surface area (Å²) < 4.78 is 5.48. The summed E-state index contributed by atoms with van der Waals surface area (Å²) in [5.41, 5.74) is 10.2. The average molecular weight is 369 g/mol. The first kappa shape index (κ1) is 19.2. The quantitative estimate of drug-likeness (QED) is 0.462. The number of aromatic nitrogens is 2. The van der Waals surface area contributed by atoms with Crippen LogP contribution < -0.4 is 4.90 Å². The summed E-state index contributed by atoms with van der Waals surface area (Å²) in [6.45, 7) is 10.3. The molecule has 144 valence electrons. The van der Waals surface area contributed by atoms with Gasteiger partial charge in [0, 0.05) is 44.4 Å². The van der Waals surface area contributed by atoms with Gasteiger partial charge in [-0.1, -0.05) is 19.9 Å². The van der Waals surface area contributed by atoms with Crippen molar-refractivity contribution in [2.45, 2.75) is 33.7 Å². The fourth-order valence-electron chi connectivity index (χ4n) is 3.44. The van der Waals surface area contributed by atoms with Gasteiger partial charge in [0.2, 0.25) is 11.8 Å². The molecule has 0 atom stereocenters. The number of nitrogens with zero attached hydrogens (tertiary/aromatic N) is 5. The first-order chi connectivity index (χ1) is 13.0. The molecule has 0 bridgehead atoms. The standard InChI is InChI=1S/C19H27N7O/c1-13(2)10-15-4-5-16(19(20)22-21)17(11-15)26-8-6-25(7-9-26)12-18-24-23-14(3)27-18/h4-5,11,13,20-21H,6-10,12H2,1-3H3. The van der Waals surface area contributed by atoms with Gasteiger partial charge in [0.05, 0.1) is 6.54 Å². The summed E-state index contributed by atoms with van der Waals surface area (Å²) in [6, 6.07) is 6.14. The smallest absolute Gasteiger partial charge is 0.230 e. The van der Waals surface area contributed by atoms with Crippen LogP contribution in [0.3, 0.4) is 0 Å². The molecule has 0 amide bonds. The molecule has 2 heterocycles. The average Bonchev–Trinajstić information content (AvgIpc) is 3.06. The van der Waals surface area contributed by atoms with Crippen LogP contribution in [0.2, 0.25) is 0 Å². The first-order valence-corrected chi connectivity index (χ1v) is 9.32. The highest BCUT2D eigenvalue weighted by Crippen LogP contribution is 2.26. The third kappa shape index (κ3) is 4.77. The lowest BCUT2D eigenvalue weighted by molar-refractivity contribution is 0.225. The Morgan fingerprint density at radius 3 is 2.56 bits per heavy atom. The maximum Gasteiger partial charge on any atom is 0.230 e. The third-order valence-electron chi connectivity index (χ3n) is 4.71. The van der Waals surface area contributed by atoms with Crippen LogP contribution in [0.4, 0.5) is 5.69 Å². The predicted octanol–water partition coefficient (Wildman–Crippen LogP) is 3.26. The number of amidine groups is 1. The Bertz CT molecular complexity index is 806. The lowest BCUT2D eigenvalue weighted by Gasteiger charge is -2.36. The minimum atomic E-state index is 0.00450. The molecule has 27 heavy (non-hydrogen) atoms. The van der Waals surface area contributed by atoms with Crippen molar-refractivity contribution in [3.8, 4) is 0 Å². The van der Waals surface area contributed by atoms with E-state index in [-0.39, 0.29) is 5.84 Å². The topological polar surface area (TPSA) is 105 Å². The van der Waals surface area contributed by atoms with Crippen LogP contribution in [-0.4, -0.2) is 47.1 Å². The maximum absolute atomic E-state index is 8.02. The molecule has 0 radical (unpaired) electrons. The number of piperazine rings is 1. The lowest BCUT2D eigenvalue weighted by Crippen LogP contribution is -2.46. The van der Waals surface area contributed by atoms with Crippen LogP contribution in [0.25, 0.3) is 0 Å². The Morgan fingerprint density at radius 2 is 1.96 bits per heavy atom. The molecule has 1 aromatic carbocycles. The minimum Gasteiger partial charge on any atom is -0.424 e. The van der Waals surface area contributed by atoms with Crippen molar-refractivity contribution in [1.82, 2.24) is 15.1 Å². The number of hydrogen-bond donors (Lipinski definition) is 2. The number of benzene rings is 1. The van der Waals surface area contributed by atoms with Crippen molar-refractivity contribution in [3.05, 3.63) is 41.1 Å². The second-order valence-electron chi connectivity index (χ2n) is 7.39. The van der Waals surface area contributed by atoms with Crippen LogP contribution in [0.15, 0.2) is 27.7 Å².